The van der Waals surface area contributed by atoms with Crippen molar-refractivity contribution in [1.29, 1.82) is 0 Å². The second kappa shape index (κ2) is 18.2. The third-order valence-corrected chi connectivity index (χ3v) is 7.68. The molecule has 0 fully saturated rings. The number of anilines is 2. The average molecular weight is 686 g/mol. The molecular weight excluding hydrogens is 644 g/mol. The lowest BCUT2D eigenvalue weighted by Crippen LogP contribution is -2.43. The standard InChI is InChI=1S/C37H41F2N7O4/c1-46(2)30-15-13-29(14-16-30)45-44-28-11-9-25(10-12-28)36(48)42-19-17-24-20-31(38)35(32(39)21-24)50-23-34(47)33(8-3-4-18-40)43-37(49)26-6-5-7-27(41)22-26/h5-7,9-16,20-22,33H,3-4,8,17-19,23,40-41H2,1-2H3,(H,42,48)(H,43,49). The van der Waals surface area contributed by atoms with Crippen LogP contribution in [0.3, 0.4) is 0 Å². The van der Waals surface area contributed by atoms with Crippen LogP contribution in [0, 0.1) is 11.6 Å². The van der Waals surface area contributed by atoms with E-state index >= 15 is 0 Å². The fourth-order valence-corrected chi connectivity index (χ4v) is 4.90. The molecule has 2 amide bonds. The third-order valence-electron chi connectivity index (χ3n) is 7.68. The van der Waals surface area contributed by atoms with E-state index in [1.807, 2.05) is 43.3 Å². The van der Waals surface area contributed by atoms with Crippen molar-refractivity contribution in [3.8, 4) is 5.75 Å². The van der Waals surface area contributed by atoms with E-state index in [1.54, 1.807) is 42.5 Å². The van der Waals surface area contributed by atoms with E-state index in [0.29, 0.717) is 42.0 Å². The van der Waals surface area contributed by atoms with Crippen LogP contribution in [0.5, 0.6) is 5.75 Å². The van der Waals surface area contributed by atoms with Gasteiger partial charge in [-0.25, -0.2) is 8.78 Å². The topological polar surface area (TPSA) is 165 Å². The van der Waals surface area contributed by atoms with Crippen LogP contribution in [-0.4, -0.2) is 57.4 Å². The Morgan fingerprint density at radius 2 is 1.48 bits per heavy atom. The molecule has 1 atom stereocenters. The van der Waals surface area contributed by atoms with E-state index < -0.39 is 41.7 Å². The zero-order valence-corrected chi connectivity index (χ0v) is 28.0. The maximum Gasteiger partial charge on any atom is 0.251 e. The molecule has 0 spiro atoms. The first-order chi connectivity index (χ1) is 24.0. The first-order valence-electron chi connectivity index (χ1n) is 16.1. The number of hydrogen-bond acceptors (Lipinski definition) is 9. The molecule has 0 aromatic heterocycles. The number of unbranched alkanes of at least 4 members (excludes halogenated alkanes) is 1. The van der Waals surface area contributed by atoms with Crippen molar-refractivity contribution < 1.29 is 27.9 Å². The minimum Gasteiger partial charge on any atom is -0.480 e. The molecule has 0 bridgehead atoms. The maximum absolute atomic E-state index is 14.9. The molecule has 50 heavy (non-hydrogen) atoms. The highest BCUT2D eigenvalue weighted by Gasteiger charge is 2.23. The van der Waals surface area contributed by atoms with Gasteiger partial charge < -0.3 is 31.7 Å². The summed E-state index contributed by atoms with van der Waals surface area (Å²) in [6.45, 7) is -0.155. The lowest BCUT2D eigenvalue weighted by Gasteiger charge is -2.18. The number of hydrogen-bond donors (Lipinski definition) is 4. The van der Waals surface area contributed by atoms with E-state index in [1.165, 1.54) is 6.07 Å². The smallest absolute Gasteiger partial charge is 0.251 e. The molecule has 0 heterocycles. The number of nitrogens with one attached hydrogen (secondary N) is 2. The van der Waals surface area contributed by atoms with Gasteiger partial charge in [0.15, 0.2) is 23.2 Å². The van der Waals surface area contributed by atoms with Crippen molar-refractivity contribution >= 4 is 40.3 Å². The fraction of sp³-hybridized carbons (Fsp3) is 0.270. The van der Waals surface area contributed by atoms with Crippen LogP contribution in [0.2, 0.25) is 0 Å². The van der Waals surface area contributed by atoms with E-state index in [-0.39, 0.29) is 36.4 Å². The Balaban J connectivity index is 1.28. The maximum atomic E-state index is 14.9. The highest BCUT2D eigenvalue weighted by molar-refractivity contribution is 5.98. The molecule has 0 radical (unpaired) electrons. The van der Waals surface area contributed by atoms with Crippen molar-refractivity contribution in [2.24, 2.45) is 16.0 Å². The average Bonchev–Trinajstić information content (AvgIpc) is 3.10. The lowest BCUT2D eigenvalue weighted by atomic mass is 10.0. The van der Waals surface area contributed by atoms with E-state index in [4.69, 9.17) is 16.2 Å². The monoisotopic (exact) mass is 685 g/mol. The molecule has 4 aromatic carbocycles. The molecule has 6 N–H and O–H groups in total. The number of azo groups is 1. The van der Waals surface area contributed by atoms with Crippen LogP contribution in [0.25, 0.3) is 0 Å². The summed E-state index contributed by atoms with van der Waals surface area (Å²) in [5.74, 6) is -4.15. The number of nitrogens with two attached hydrogens (primary N) is 2. The fourth-order valence-electron chi connectivity index (χ4n) is 4.90. The summed E-state index contributed by atoms with van der Waals surface area (Å²) in [4.78, 5) is 40.4. The first kappa shape index (κ1) is 37.1. The normalized spacial score (nSPS) is 11.6. The number of ketones is 1. The summed E-state index contributed by atoms with van der Waals surface area (Å²) in [6.07, 6.45) is 1.57. The van der Waals surface area contributed by atoms with Gasteiger partial charge in [-0.1, -0.05) is 6.07 Å². The predicted octanol–water partition coefficient (Wildman–Crippen LogP) is 5.88. The highest BCUT2D eigenvalue weighted by atomic mass is 19.1. The van der Waals surface area contributed by atoms with Gasteiger partial charge in [0.1, 0.15) is 6.61 Å². The van der Waals surface area contributed by atoms with Gasteiger partial charge in [-0.2, -0.15) is 10.2 Å². The summed E-state index contributed by atoms with van der Waals surface area (Å²) in [5.41, 5.74) is 15.0. The Hall–Kier alpha value is -5.69. The number of nitrogen functional groups attached to an aromatic ring is 1. The lowest BCUT2D eigenvalue weighted by molar-refractivity contribution is -0.123. The van der Waals surface area contributed by atoms with Gasteiger partial charge in [0.25, 0.3) is 11.8 Å². The van der Waals surface area contributed by atoms with Crippen molar-refractivity contribution in [3.63, 3.8) is 0 Å². The number of ether oxygens (including phenoxy) is 1. The van der Waals surface area contributed by atoms with Crippen molar-refractivity contribution in [3.05, 3.63) is 113 Å². The molecule has 4 aromatic rings. The molecule has 0 aliphatic heterocycles. The Morgan fingerprint density at radius 1 is 0.840 bits per heavy atom. The Kier molecular flexibility index (Phi) is 13.5. The van der Waals surface area contributed by atoms with Crippen molar-refractivity contribution in [2.45, 2.75) is 31.7 Å². The Bertz CT molecular complexity index is 1780. The number of carbonyl (C=O) groups is 3. The number of Topliss-reactive ketones (excluding diaryl/α,β-unsaturated/α-hetero) is 1. The third kappa shape index (κ3) is 10.9. The minimum atomic E-state index is -0.999. The molecule has 11 nitrogen and oxygen atoms in total. The largest absolute Gasteiger partial charge is 0.480 e. The molecular formula is C37H41F2N7O4. The van der Waals surface area contributed by atoms with Crippen molar-refractivity contribution in [1.82, 2.24) is 10.6 Å². The van der Waals surface area contributed by atoms with Crippen LogP contribution in [0.1, 0.15) is 45.5 Å². The SMILES string of the molecule is CN(C)c1ccc(N=Nc2ccc(C(=O)NCCc3cc(F)c(OCC(=O)C(CCCCN)NC(=O)c4cccc(N)c4)c(F)c3)cc2)cc1. The number of nitrogens with zero attached hydrogens (tertiary/aromatic N) is 3. The minimum absolute atomic E-state index is 0.109. The first-order valence-corrected chi connectivity index (χ1v) is 16.1. The van der Waals surface area contributed by atoms with E-state index in [9.17, 15) is 23.2 Å². The van der Waals surface area contributed by atoms with E-state index in [0.717, 1.165) is 17.8 Å². The number of halogens is 2. The van der Waals surface area contributed by atoms with Gasteiger partial charge in [-0.3, -0.25) is 14.4 Å². The van der Waals surface area contributed by atoms with Gasteiger partial charge in [-0.05, 0) is 117 Å². The molecule has 0 saturated carbocycles. The summed E-state index contributed by atoms with van der Waals surface area (Å²) >= 11 is 0. The van der Waals surface area contributed by atoms with Gasteiger partial charge in [-0.15, -0.1) is 0 Å². The number of amides is 2. The molecule has 1 unspecified atom stereocenters. The number of rotatable bonds is 17. The zero-order chi connectivity index (χ0) is 36.0. The van der Waals surface area contributed by atoms with Gasteiger partial charge in [0.2, 0.25) is 0 Å². The van der Waals surface area contributed by atoms with Crippen molar-refractivity contribution in [2.75, 3.05) is 44.4 Å². The number of benzene rings is 4. The predicted molar refractivity (Wildman–Crippen MR) is 189 cm³/mol. The van der Waals surface area contributed by atoms with Gasteiger partial charge in [0, 0.05) is 43.1 Å². The van der Waals surface area contributed by atoms with Gasteiger partial charge in [0.05, 0.1) is 17.4 Å². The molecule has 4 rings (SSSR count). The molecule has 13 heteroatoms. The molecule has 0 saturated heterocycles. The van der Waals surface area contributed by atoms with Crippen LogP contribution < -0.4 is 31.7 Å². The molecule has 0 aliphatic rings. The zero-order valence-electron chi connectivity index (χ0n) is 28.0. The summed E-state index contributed by atoms with van der Waals surface area (Å²) in [7, 11) is 3.90. The Morgan fingerprint density at radius 3 is 2.08 bits per heavy atom. The summed E-state index contributed by atoms with van der Waals surface area (Å²) < 4.78 is 35.1. The summed E-state index contributed by atoms with van der Waals surface area (Å²) in [5, 5.41) is 13.8. The van der Waals surface area contributed by atoms with Crippen LogP contribution in [-0.2, 0) is 11.2 Å². The second-order valence-electron chi connectivity index (χ2n) is 11.7. The van der Waals surface area contributed by atoms with Crippen LogP contribution in [0.15, 0.2) is 95.2 Å². The second-order valence-corrected chi connectivity index (χ2v) is 11.7. The Labute approximate surface area is 289 Å². The highest BCUT2D eigenvalue weighted by Crippen LogP contribution is 2.25. The number of carbonyl (C=O) groups excluding carboxylic acids is 3. The molecule has 0 aliphatic carbocycles. The van der Waals surface area contributed by atoms with E-state index in [2.05, 4.69) is 20.9 Å². The quantitative estimate of drug-likeness (QED) is 0.0613. The summed E-state index contributed by atoms with van der Waals surface area (Å²) in [6, 6.07) is 21.6. The van der Waals surface area contributed by atoms with Gasteiger partial charge >= 0.3 is 0 Å². The van der Waals surface area contributed by atoms with Crippen LogP contribution in [0.4, 0.5) is 31.5 Å². The van der Waals surface area contributed by atoms with Crippen LogP contribution >= 0.6 is 0 Å². The molecule has 262 valence electrons.